The molecular weight excluding hydrogens is 336 g/mol. The fourth-order valence-electron chi connectivity index (χ4n) is 5.17. The average molecular weight is 360 g/mol. The molecule has 1 aromatic rings. The van der Waals surface area contributed by atoms with E-state index >= 15 is 0 Å². The van der Waals surface area contributed by atoms with E-state index in [1.165, 1.54) is 37.6 Å². The van der Waals surface area contributed by atoms with Gasteiger partial charge in [0.15, 0.2) is 0 Å². The van der Waals surface area contributed by atoms with E-state index in [1.807, 2.05) is 0 Å². The molecule has 4 saturated carbocycles. The van der Waals surface area contributed by atoms with E-state index in [2.05, 4.69) is 20.2 Å². The molecule has 0 aliphatic heterocycles. The first kappa shape index (κ1) is 15.8. The van der Waals surface area contributed by atoms with Crippen molar-refractivity contribution in [2.24, 2.45) is 28.8 Å². The van der Waals surface area contributed by atoms with Gasteiger partial charge in [-0.05, 0) is 68.4 Å². The van der Waals surface area contributed by atoms with Crippen molar-refractivity contribution in [3.63, 3.8) is 0 Å². The number of aromatic nitrogens is 1. The summed E-state index contributed by atoms with van der Waals surface area (Å²) < 4.78 is 27.0. The molecule has 1 aromatic heterocycles. The van der Waals surface area contributed by atoms with Gasteiger partial charge in [-0.15, -0.1) is 0 Å². The van der Waals surface area contributed by atoms with Crippen molar-refractivity contribution < 1.29 is 8.42 Å². The van der Waals surface area contributed by atoms with E-state index in [-0.39, 0.29) is 10.9 Å². The second-order valence-electron chi connectivity index (χ2n) is 8.05. The molecule has 5 rings (SSSR count). The van der Waals surface area contributed by atoms with Crippen LogP contribution in [0.3, 0.4) is 0 Å². The minimum absolute atomic E-state index is 0.103. The maximum absolute atomic E-state index is 12.2. The Morgan fingerprint density at radius 1 is 1.12 bits per heavy atom. The lowest BCUT2D eigenvalue weighted by Crippen LogP contribution is -2.26. The quantitative estimate of drug-likeness (QED) is 0.791. The highest BCUT2D eigenvalue weighted by molar-refractivity contribution is 7.89. The predicted molar refractivity (Wildman–Crippen MR) is 95.7 cm³/mol. The van der Waals surface area contributed by atoms with Gasteiger partial charge in [-0.2, -0.15) is 5.10 Å². The smallest absolute Gasteiger partial charge is 0.242 e. The third-order valence-electron chi connectivity index (χ3n) is 6.46. The standard InChI is InChI=1S/C18H24N4O2S/c23-25(24,22-12-4-5-12)13-6-7-18(19-10-13)21-20-17-9-11-8-16(17)15-3-1-2-14(11)15/h6-7,10-12,14-16,22H,1-5,8-9H2,(H,19,21). The van der Waals surface area contributed by atoms with Crippen LogP contribution >= 0.6 is 0 Å². The van der Waals surface area contributed by atoms with E-state index in [1.54, 1.807) is 12.1 Å². The molecule has 0 spiro atoms. The molecule has 134 valence electrons. The van der Waals surface area contributed by atoms with Crippen molar-refractivity contribution in [3.05, 3.63) is 18.3 Å². The van der Waals surface area contributed by atoms with Crippen LogP contribution in [0.5, 0.6) is 0 Å². The van der Waals surface area contributed by atoms with Crippen molar-refractivity contribution in [1.82, 2.24) is 9.71 Å². The van der Waals surface area contributed by atoms with Crippen LogP contribution in [0.2, 0.25) is 0 Å². The molecule has 2 bridgehead atoms. The minimum atomic E-state index is -3.44. The molecule has 4 fully saturated rings. The van der Waals surface area contributed by atoms with Gasteiger partial charge in [0, 0.05) is 23.9 Å². The van der Waals surface area contributed by atoms with Crippen LogP contribution in [-0.2, 0) is 10.0 Å². The molecular formula is C18H24N4O2S. The van der Waals surface area contributed by atoms with Gasteiger partial charge in [-0.1, -0.05) is 6.42 Å². The number of sulfonamides is 1. The van der Waals surface area contributed by atoms with Crippen molar-refractivity contribution in [2.75, 3.05) is 5.43 Å². The Balaban J connectivity index is 1.26. The van der Waals surface area contributed by atoms with Gasteiger partial charge in [0.2, 0.25) is 10.0 Å². The molecule has 1 heterocycles. The molecule has 4 atom stereocenters. The predicted octanol–water partition coefficient (Wildman–Crippen LogP) is 2.75. The fourth-order valence-corrected chi connectivity index (χ4v) is 6.42. The summed E-state index contributed by atoms with van der Waals surface area (Å²) in [6, 6.07) is 3.39. The van der Waals surface area contributed by atoms with E-state index in [0.717, 1.165) is 37.0 Å². The number of rotatable bonds is 5. The van der Waals surface area contributed by atoms with Gasteiger partial charge in [0.25, 0.3) is 0 Å². The molecule has 25 heavy (non-hydrogen) atoms. The fraction of sp³-hybridized carbons (Fsp3) is 0.667. The Morgan fingerprint density at radius 2 is 1.96 bits per heavy atom. The van der Waals surface area contributed by atoms with Gasteiger partial charge in [-0.3, -0.25) is 5.43 Å². The van der Waals surface area contributed by atoms with Gasteiger partial charge in [0.1, 0.15) is 10.7 Å². The van der Waals surface area contributed by atoms with Gasteiger partial charge >= 0.3 is 0 Å². The SMILES string of the molecule is O=S(=O)(NC1CC1)c1ccc(NN=C2CC3CC2C2CCCC32)nc1. The van der Waals surface area contributed by atoms with Crippen molar-refractivity contribution in [2.45, 2.75) is 55.9 Å². The molecule has 0 saturated heterocycles. The highest BCUT2D eigenvalue weighted by Crippen LogP contribution is 2.57. The third-order valence-corrected chi connectivity index (χ3v) is 7.97. The number of nitrogens with one attached hydrogen (secondary N) is 2. The highest BCUT2D eigenvalue weighted by atomic mass is 32.2. The number of fused-ring (bicyclic) bond motifs is 5. The van der Waals surface area contributed by atoms with Gasteiger partial charge in [0.05, 0.1) is 0 Å². The topological polar surface area (TPSA) is 83.5 Å². The number of hydrazone groups is 1. The Kier molecular flexibility index (Phi) is 3.64. The Bertz CT molecular complexity index is 801. The lowest BCUT2D eigenvalue weighted by Gasteiger charge is -2.25. The number of hydrogen-bond donors (Lipinski definition) is 2. The molecule has 6 nitrogen and oxygen atoms in total. The van der Waals surface area contributed by atoms with Crippen LogP contribution in [0.15, 0.2) is 28.3 Å². The molecule has 0 amide bonds. The van der Waals surface area contributed by atoms with Crippen LogP contribution in [0.4, 0.5) is 5.82 Å². The summed E-state index contributed by atoms with van der Waals surface area (Å²) in [6.07, 6.45) is 9.85. The second-order valence-corrected chi connectivity index (χ2v) is 9.77. The van der Waals surface area contributed by atoms with E-state index in [0.29, 0.717) is 11.7 Å². The molecule has 2 N–H and O–H groups in total. The Hall–Kier alpha value is -1.47. The third kappa shape index (κ3) is 2.87. The molecule has 4 unspecified atom stereocenters. The zero-order valence-corrected chi connectivity index (χ0v) is 15.0. The van der Waals surface area contributed by atoms with Crippen LogP contribution in [0.1, 0.15) is 44.9 Å². The van der Waals surface area contributed by atoms with E-state index in [4.69, 9.17) is 0 Å². The molecule has 4 aliphatic carbocycles. The molecule has 0 radical (unpaired) electrons. The van der Waals surface area contributed by atoms with Crippen LogP contribution in [0.25, 0.3) is 0 Å². The molecule has 7 heteroatoms. The summed E-state index contributed by atoms with van der Waals surface area (Å²) in [7, 11) is -3.44. The summed E-state index contributed by atoms with van der Waals surface area (Å²) in [5.41, 5.74) is 4.34. The average Bonchev–Trinajstić information content (AvgIpc) is 3.02. The Labute approximate surface area is 148 Å². The zero-order valence-electron chi connectivity index (χ0n) is 14.2. The van der Waals surface area contributed by atoms with Gasteiger partial charge in [-0.25, -0.2) is 18.1 Å². The normalized spacial score (nSPS) is 35.3. The summed E-state index contributed by atoms with van der Waals surface area (Å²) in [5, 5.41) is 4.63. The zero-order chi connectivity index (χ0) is 17.0. The second kappa shape index (κ2) is 5.77. The summed E-state index contributed by atoms with van der Waals surface area (Å²) in [6.45, 7) is 0. The number of pyridine rings is 1. The number of anilines is 1. The van der Waals surface area contributed by atoms with Crippen LogP contribution in [0, 0.1) is 23.7 Å². The maximum atomic E-state index is 12.2. The summed E-state index contributed by atoms with van der Waals surface area (Å²) in [4.78, 5) is 4.44. The first-order valence-corrected chi connectivity index (χ1v) is 10.9. The van der Waals surface area contributed by atoms with Crippen molar-refractivity contribution in [1.29, 1.82) is 0 Å². The first-order chi connectivity index (χ1) is 12.1. The molecule has 4 aliphatic rings. The number of nitrogens with zero attached hydrogens (tertiary/aromatic N) is 2. The minimum Gasteiger partial charge on any atom is -0.261 e. The summed E-state index contributed by atoms with van der Waals surface area (Å²) in [5.74, 6) is 3.90. The lowest BCUT2D eigenvalue weighted by atomic mass is 9.81. The van der Waals surface area contributed by atoms with Crippen molar-refractivity contribution in [3.8, 4) is 0 Å². The van der Waals surface area contributed by atoms with Crippen LogP contribution in [-0.4, -0.2) is 25.2 Å². The lowest BCUT2D eigenvalue weighted by molar-refractivity contribution is 0.333. The molecule has 0 aromatic carbocycles. The largest absolute Gasteiger partial charge is 0.261 e. The van der Waals surface area contributed by atoms with Crippen LogP contribution < -0.4 is 10.1 Å². The monoisotopic (exact) mass is 360 g/mol. The van der Waals surface area contributed by atoms with E-state index in [9.17, 15) is 8.42 Å². The maximum Gasteiger partial charge on any atom is 0.242 e. The Morgan fingerprint density at radius 3 is 2.72 bits per heavy atom. The van der Waals surface area contributed by atoms with Crippen molar-refractivity contribution >= 4 is 21.6 Å². The first-order valence-electron chi connectivity index (χ1n) is 9.41. The van der Waals surface area contributed by atoms with Gasteiger partial charge < -0.3 is 0 Å². The summed E-state index contributed by atoms with van der Waals surface area (Å²) >= 11 is 0. The van der Waals surface area contributed by atoms with E-state index < -0.39 is 10.0 Å². The number of hydrogen-bond acceptors (Lipinski definition) is 5. The highest BCUT2D eigenvalue weighted by Gasteiger charge is 2.52.